The Bertz CT molecular complexity index is 529. The zero-order valence-corrected chi connectivity index (χ0v) is 11.0. The van der Waals surface area contributed by atoms with E-state index >= 15 is 0 Å². The van der Waals surface area contributed by atoms with E-state index in [1.54, 1.807) is 13.4 Å². The Morgan fingerprint density at radius 3 is 3.00 bits per heavy atom. The molecule has 4 N–H and O–H groups in total. The molecule has 2 aromatic rings. The minimum Gasteiger partial charge on any atom is -0.389 e. The molecule has 0 aromatic carbocycles. The normalized spacial score (nSPS) is 12.6. The van der Waals surface area contributed by atoms with Crippen LogP contribution in [0.25, 0.3) is 11.2 Å². The summed E-state index contributed by atoms with van der Waals surface area (Å²) < 4.78 is 4.87. The second-order valence-corrected chi connectivity index (χ2v) is 4.02. The van der Waals surface area contributed by atoms with Crippen LogP contribution >= 0.6 is 0 Å². The molecule has 8 nitrogen and oxygen atoms in total. The number of ether oxygens (including phenoxy) is 1. The van der Waals surface area contributed by atoms with Crippen LogP contribution in [-0.2, 0) is 4.74 Å². The molecule has 104 valence electrons. The van der Waals surface area contributed by atoms with Crippen LogP contribution in [0, 0.1) is 0 Å². The number of hydrogen-bond donors (Lipinski definition) is 4. The number of nitrogens with zero attached hydrogens (tertiary/aromatic N) is 3. The van der Waals surface area contributed by atoms with Crippen LogP contribution in [0.3, 0.4) is 0 Å². The molecule has 2 heterocycles. The van der Waals surface area contributed by atoms with Gasteiger partial charge in [-0.15, -0.1) is 0 Å². The fourth-order valence-corrected chi connectivity index (χ4v) is 1.66. The Morgan fingerprint density at radius 2 is 2.26 bits per heavy atom. The SMILES string of the molecule is CCNc1nc(NCC(O)COC)c2[nH]cnc2n1. The van der Waals surface area contributed by atoms with Gasteiger partial charge in [0, 0.05) is 20.2 Å². The molecule has 0 radical (unpaired) electrons. The predicted octanol–water partition coefficient (Wildman–Crippen LogP) is 0.204. The van der Waals surface area contributed by atoms with Gasteiger partial charge in [0.15, 0.2) is 11.5 Å². The largest absolute Gasteiger partial charge is 0.389 e. The predicted molar refractivity (Wildman–Crippen MR) is 72.2 cm³/mol. The van der Waals surface area contributed by atoms with Gasteiger partial charge in [-0.3, -0.25) is 0 Å². The molecule has 0 aliphatic heterocycles. The van der Waals surface area contributed by atoms with Gasteiger partial charge in [0.2, 0.25) is 5.95 Å². The van der Waals surface area contributed by atoms with E-state index in [1.807, 2.05) is 6.92 Å². The maximum absolute atomic E-state index is 9.63. The molecule has 0 saturated carbocycles. The van der Waals surface area contributed by atoms with Crippen LogP contribution in [0.1, 0.15) is 6.92 Å². The van der Waals surface area contributed by atoms with E-state index in [9.17, 15) is 5.11 Å². The summed E-state index contributed by atoms with van der Waals surface area (Å²) >= 11 is 0. The van der Waals surface area contributed by atoms with Crippen molar-refractivity contribution in [3.8, 4) is 0 Å². The summed E-state index contributed by atoms with van der Waals surface area (Å²) in [5.74, 6) is 1.11. The molecule has 1 atom stereocenters. The van der Waals surface area contributed by atoms with Crippen molar-refractivity contribution < 1.29 is 9.84 Å². The van der Waals surface area contributed by atoms with Gasteiger partial charge in [0.25, 0.3) is 0 Å². The second-order valence-electron chi connectivity index (χ2n) is 4.02. The number of aliphatic hydroxyl groups is 1. The second kappa shape index (κ2) is 6.30. The maximum atomic E-state index is 9.63. The molecule has 0 saturated heterocycles. The smallest absolute Gasteiger partial charge is 0.226 e. The minimum absolute atomic E-state index is 0.268. The third kappa shape index (κ3) is 3.30. The first-order valence-corrected chi connectivity index (χ1v) is 6.10. The maximum Gasteiger partial charge on any atom is 0.226 e. The lowest BCUT2D eigenvalue weighted by atomic mass is 10.3. The monoisotopic (exact) mass is 266 g/mol. The lowest BCUT2D eigenvalue weighted by Crippen LogP contribution is -2.24. The van der Waals surface area contributed by atoms with Gasteiger partial charge in [-0.05, 0) is 6.92 Å². The number of rotatable bonds is 7. The van der Waals surface area contributed by atoms with E-state index in [2.05, 4.69) is 30.6 Å². The number of H-pyrrole nitrogens is 1. The number of imidazole rings is 1. The van der Waals surface area contributed by atoms with Crippen LogP contribution in [0.4, 0.5) is 11.8 Å². The number of aromatic nitrogens is 4. The summed E-state index contributed by atoms with van der Waals surface area (Å²) in [6.45, 7) is 3.30. The van der Waals surface area contributed by atoms with Crippen LogP contribution in [0.2, 0.25) is 0 Å². The van der Waals surface area contributed by atoms with E-state index in [0.717, 1.165) is 6.54 Å². The number of anilines is 2. The molecule has 0 aliphatic carbocycles. The highest BCUT2D eigenvalue weighted by Crippen LogP contribution is 2.18. The fraction of sp³-hybridized carbons (Fsp3) is 0.545. The number of hydrogen-bond acceptors (Lipinski definition) is 7. The molecule has 2 aromatic heterocycles. The molecular weight excluding hydrogens is 248 g/mol. The van der Waals surface area contributed by atoms with E-state index in [0.29, 0.717) is 29.5 Å². The third-order valence-electron chi connectivity index (χ3n) is 2.48. The summed E-state index contributed by atoms with van der Waals surface area (Å²) in [4.78, 5) is 15.7. The number of aliphatic hydroxyl groups excluding tert-OH is 1. The first kappa shape index (κ1) is 13.5. The molecule has 0 aliphatic rings. The van der Waals surface area contributed by atoms with Crippen molar-refractivity contribution >= 4 is 22.9 Å². The lowest BCUT2D eigenvalue weighted by molar-refractivity contribution is 0.0727. The Hall–Kier alpha value is -1.93. The minimum atomic E-state index is -0.597. The van der Waals surface area contributed by atoms with Gasteiger partial charge in [-0.1, -0.05) is 0 Å². The van der Waals surface area contributed by atoms with Crippen LogP contribution < -0.4 is 10.6 Å². The van der Waals surface area contributed by atoms with Crippen molar-refractivity contribution in [2.45, 2.75) is 13.0 Å². The molecular formula is C11H18N6O2. The van der Waals surface area contributed by atoms with Gasteiger partial charge >= 0.3 is 0 Å². The van der Waals surface area contributed by atoms with Crippen molar-refractivity contribution in [3.63, 3.8) is 0 Å². The zero-order valence-electron chi connectivity index (χ0n) is 11.0. The summed E-state index contributed by atoms with van der Waals surface area (Å²) in [5.41, 5.74) is 1.29. The number of nitrogens with one attached hydrogen (secondary N) is 3. The first-order valence-electron chi connectivity index (χ1n) is 6.10. The molecule has 0 fully saturated rings. The Morgan fingerprint density at radius 1 is 1.42 bits per heavy atom. The van der Waals surface area contributed by atoms with Crippen molar-refractivity contribution in [1.29, 1.82) is 0 Å². The summed E-state index contributed by atoms with van der Waals surface area (Å²) in [6, 6.07) is 0. The first-order chi connectivity index (χ1) is 9.24. The summed E-state index contributed by atoms with van der Waals surface area (Å²) in [6.07, 6.45) is 0.965. The van der Waals surface area contributed by atoms with Crippen molar-refractivity contribution in [3.05, 3.63) is 6.33 Å². The average molecular weight is 266 g/mol. The molecule has 8 heteroatoms. The quantitative estimate of drug-likeness (QED) is 0.567. The molecule has 2 rings (SSSR count). The van der Waals surface area contributed by atoms with Gasteiger partial charge in [0.05, 0.1) is 19.0 Å². The van der Waals surface area contributed by atoms with Gasteiger partial charge < -0.3 is 25.5 Å². The van der Waals surface area contributed by atoms with Crippen LogP contribution in [0.5, 0.6) is 0 Å². The van der Waals surface area contributed by atoms with Crippen molar-refractivity contribution in [2.24, 2.45) is 0 Å². The topological polar surface area (TPSA) is 108 Å². The number of methoxy groups -OCH3 is 1. The van der Waals surface area contributed by atoms with Crippen LogP contribution in [0.15, 0.2) is 6.33 Å². The number of aromatic amines is 1. The Balaban J connectivity index is 2.17. The molecule has 19 heavy (non-hydrogen) atoms. The Kier molecular flexibility index (Phi) is 4.48. The average Bonchev–Trinajstić information content (AvgIpc) is 2.85. The van der Waals surface area contributed by atoms with Crippen molar-refractivity contribution in [1.82, 2.24) is 19.9 Å². The third-order valence-corrected chi connectivity index (χ3v) is 2.48. The Labute approximate surface area is 110 Å². The molecule has 0 spiro atoms. The highest BCUT2D eigenvalue weighted by atomic mass is 16.5. The highest BCUT2D eigenvalue weighted by Gasteiger charge is 2.11. The van der Waals surface area contributed by atoms with Crippen molar-refractivity contribution in [2.75, 3.05) is 37.4 Å². The summed E-state index contributed by atoms with van der Waals surface area (Å²) in [7, 11) is 1.55. The molecule has 0 amide bonds. The summed E-state index contributed by atoms with van der Waals surface area (Å²) in [5, 5.41) is 15.7. The van der Waals surface area contributed by atoms with E-state index in [-0.39, 0.29) is 6.61 Å². The standard InChI is InChI=1S/C11H18N6O2/c1-3-12-11-16-9(13-4-7(18)5-19-2)8-10(17-11)15-6-14-8/h6-7,18H,3-5H2,1-2H3,(H3,12,13,14,15,16,17). The van der Waals surface area contributed by atoms with E-state index < -0.39 is 6.10 Å². The van der Waals surface area contributed by atoms with Gasteiger partial charge in [-0.2, -0.15) is 9.97 Å². The highest BCUT2D eigenvalue weighted by molar-refractivity contribution is 5.83. The van der Waals surface area contributed by atoms with Gasteiger partial charge in [-0.25, -0.2) is 4.98 Å². The van der Waals surface area contributed by atoms with E-state index in [4.69, 9.17) is 4.74 Å². The number of fused-ring (bicyclic) bond motifs is 1. The molecule has 1 unspecified atom stereocenters. The fourth-order valence-electron chi connectivity index (χ4n) is 1.66. The van der Waals surface area contributed by atoms with E-state index in [1.165, 1.54) is 0 Å². The van der Waals surface area contributed by atoms with Gasteiger partial charge in [0.1, 0.15) is 5.52 Å². The molecule has 0 bridgehead atoms. The van der Waals surface area contributed by atoms with Crippen LogP contribution in [-0.4, -0.2) is 58.0 Å². The zero-order chi connectivity index (χ0) is 13.7. The lowest BCUT2D eigenvalue weighted by Gasteiger charge is -2.12.